The summed E-state index contributed by atoms with van der Waals surface area (Å²) in [7, 11) is 1.65. The Bertz CT molecular complexity index is 610. The van der Waals surface area contributed by atoms with E-state index in [1.807, 2.05) is 56.3 Å². The molecule has 2 nitrogen and oxygen atoms in total. The molecule has 0 radical (unpaired) electrons. The second kappa shape index (κ2) is 5.41. The lowest BCUT2D eigenvalue weighted by Crippen LogP contribution is -2.13. The maximum atomic E-state index is 10.1. The molecule has 20 heavy (non-hydrogen) atoms. The van der Waals surface area contributed by atoms with Gasteiger partial charge in [0.2, 0.25) is 0 Å². The van der Waals surface area contributed by atoms with Gasteiger partial charge in [0.25, 0.3) is 0 Å². The molecule has 0 saturated carbocycles. The van der Waals surface area contributed by atoms with Crippen LogP contribution in [0.1, 0.15) is 19.4 Å². The fourth-order valence-electron chi connectivity index (χ4n) is 2.13. The first-order valence-corrected chi connectivity index (χ1v) is 6.59. The number of phenolic OH excluding ortho intramolecular Hbond substituents is 1. The average Bonchev–Trinajstić information content (AvgIpc) is 2.47. The van der Waals surface area contributed by atoms with Crippen molar-refractivity contribution in [3.05, 3.63) is 60.7 Å². The Morgan fingerprint density at radius 3 is 2.20 bits per heavy atom. The lowest BCUT2D eigenvalue weighted by molar-refractivity contribution is 0.415. The molecule has 2 rings (SSSR count). The molecule has 0 unspecified atom stereocenters. The van der Waals surface area contributed by atoms with Crippen molar-refractivity contribution in [3.63, 3.8) is 0 Å². The van der Waals surface area contributed by atoms with Crippen LogP contribution in [0.25, 0.3) is 11.1 Å². The van der Waals surface area contributed by atoms with Gasteiger partial charge in [0.05, 0.1) is 7.11 Å². The normalized spacial score (nSPS) is 11.2. The summed E-state index contributed by atoms with van der Waals surface area (Å²) in [6.07, 6.45) is 1.85. The summed E-state index contributed by atoms with van der Waals surface area (Å²) in [4.78, 5) is 0. The highest BCUT2D eigenvalue weighted by Gasteiger charge is 2.20. The van der Waals surface area contributed by atoms with Gasteiger partial charge < -0.3 is 9.84 Å². The van der Waals surface area contributed by atoms with E-state index in [2.05, 4.69) is 6.58 Å². The fraction of sp³-hybridized carbons (Fsp3) is 0.222. The van der Waals surface area contributed by atoms with Crippen molar-refractivity contribution in [3.8, 4) is 22.6 Å². The smallest absolute Gasteiger partial charge is 0.119 e. The topological polar surface area (TPSA) is 29.5 Å². The standard InChI is InChI=1S/C18H20O2/c1-5-18(2,3)16-12-14(8-11-17(16)19)13-6-9-15(20-4)10-7-13/h5-12,19H,1H2,2-4H3. The van der Waals surface area contributed by atoms with Crippen LogP contribution < -0.4 is 4.74 Å². The van der Waals surface area contributed by atoms with E-state index >= 15 is 0 Å². The monoisotopic (exact) mass is 268 g/mol. The Hall–Kier alpha value is -2.22. The second-order valence-corrected chi connectivity index (χ2v) is 5.39. The SMILES string of the molecule is C=CC(C)(C)c1cc(-c2ccc(OC)cc2)ccc1O. The van der Waals surface area contributed by atoms with Gasteiger partial charge in [-0.1, -0.05) is 38.1 Å². The molecule has 1 N–H and O–H groups in total. The van der Waals surface area contributed by atoms with E-state index in [0.29, 0.717) is 5.75 Å². The number of hydrogen-bond acceptors (Lipinski definition) is 2. The molecule has 2 heteroatoms. The Balaban J connectivity index is 2.47. The fourth-order valence-corrected chi connectivity index (χ4v) is 2.13. The van der Waals surface area contributed by atoms with Crippen LogP contribution in [0.5, 0.6) is 11.5 Å². The average molecular weight is 268 g/mol. The quantitative estimate of drug-likeness (QED) is 0.825. The van der Waals surface area contributed by atoms with Gasteiger partial charge in [0.1, 0.15) is 11.5 Å². The molecule has 0 aliphatic rings. The van der Waals surface area contributed by atoms with Gasteiger partial charge in [-0.25, -0.2) is 0 Å². The van der Waals surface area contributed by atoms with E-state index in [1.165, 1.54) is 0 Å². The van der Waals surface area contributed by atoms with Crippen molar-refractivity contribution in [2.75, 3.05) is 7.11 Å². The van der Waals surface area contributed by atoms with Gasteiger partial charge >= 0.3 is 0 Å². The van der Waals surface area contributed by atoms with Crippen LogP contribution in [0.2, 0.25) is 0 Å². The summed E-state index contributed by atoms with van der Waals surface area (Å²) in [6.45, 7) is 7.92. The summed E-state index contributed by atoms with van der Waals surface area (Å²) < 4.78 is 5.17. The molecule has 0 atom stereocenters. The van der Waals surface area contributed by atoms with E-state index in [9.17, 15) is 5.11 Å². The molecule has 104 valence electrons. The molecule has 0 aliphatic heterocycles. The van der Waals surface area contributed by atoms with Gasteiger partial charge in [0.15, 0.2) is 0 Å². The Kier molecular flexibility index (Phi) is 3.84. The molecular formula is C18H20O2. The van der Waals surface area contributed by atoms with E-state index in [1.54, 1.807) is 13.2 Å². The van der Waals surface area contributed by atoms with Gasteiger partial charge in [0, 0.05) is 11.0 Å². The largest absolute Gasteiger partial charge is 0.508 e. The summed E-state index contributed by atoms with van der Waals surface area (Å²) in [5.74, 6) is 1.13. The number of hydrogen-bond donors (Lipinski definition) is 1. The van der Waals surface area contributed by atoms with Crippen LogP contribution in [0.3, 0.4) is 0 Å². The zero-order valence-electron chi connectivity index (χ0n) is 12.2. The Labute approximate surface area is 120 Å². The van der Waals surface area contributed by atoms with E-state index < -0.39 is 0 Å². The van der Waals surface area contributed by atoms with Gasteiger partial charge in [-0.3, -0.25) is 0 Å². The highest BCUT2D eigenvalue weighted by Crippen LogP contribution is 2.35. The number of aromatic hydroxyl groups is 1. The minimum absolute atomic E-state index is 0.271. The van der Waals surface area contributed by atoms with Crippen LogP contribution >= 0.6 is 0 Å². The van der Waals surface area contributed by atoms with Crippen molar-refractivity contribution in [2.24, 2.45) is 0 Å². The third-order valence-electron chi connectivity index (χ3n) is 3.62. The minimum Gasteiger partial charge on any atom is -0.508 e. The van der Waals surface area contributed by atoms with Crippen LogP contribution in [0.4, 0.5) is 0 Å². The first-order chi connectivity index (χ1) is 9.47. The minimum atomic E-state index is -0.271. The molecule has 0 fully saturated rings. The zero-order valence-corrected chi connectivity index (χ0v) is 12.2. The molecule has 2 aromatic rings. The van der Waals surface area contributed by atoms with Gasteiger partial charge in [-0.2, -0.15) is 0 Å². The lowest BCUT2D eigenvalue weighted by atomic mass is 9.83. The summed E-state index contributed by atoms with van der Waals surface area (Å²) in [5, 5.41) is 10.1. The predicted octanol–water partition coefficient (Wildman–Crippen LogP) is 4.53. The van der Waals surface area contributed by atoms with Gasteiger partial charge in [-0.15, -0.1) is 6.58 Å². The number of allylic oxidation sites excluding steroid dienone is 1. The number of phenols is 1. The number of ether oxygens (including phenoxy) is 1. The van der Waals surface area contributed by atoms with Crippen LogP contribution in [0.15, 0.2) is 55.1 Å². The van der Waals surface area contributed by atoms with Crippen LogP contribution in [0, 0.1) is 0 Å². The van der Waals surface area contributed by atoms with E-state index in [0.717, 1.165) is 22.4 Å². The number of benzene rings is 2. The molecule has 2 aromatic carbocycles. The maximum absolute atomic E-state index is 10.1. The Morgan fingerprint density at radius 2 is 1.65 bits per heavy atom. The van der Waals surface area contributed by atoms with Gasteiger partial charge in [-0.05, 0) is 35.4 Å². The van der Waals surface area contributed by atoms with Crippen molar-refractivity contribution < 1.29 is 9.84 Å². The molecule has 0 bridgehead atoms. The van der Waals surface area contributed by atoms with Crippen LogP contribution in [-0.2, 0) is 5.41 Å². The Morgan fingerprint density at radius 1 is 1.05 bits per heavy atom. The molecule has 0 saturated heterocycles. The highest BCUT2D eigenvalue weighted by atomic mass is 16.5. The summed E-state index contributed by atoms with van der Waals surface area (Å²) >= 11 is 0. The molecule has 0 aromatic heterocycles. The zero-order chi connectivity index (χ0) is 14.8. The molecule has 0 heterocycles. The molecular weight excluding hydrogens is 248 g/mol. The third-order valence-corrected chi connectivity index (χ3v) is 3.62. The van der Waals surface area contributed by atoms with Crippen molar-refractivity contribution in [1.82, 2.24) is 0 Å². The highest BCUT2D eigenvalue weighted by molar-refractivity contribution is 5.67. The summed E-state index contributed by atoms with van der Waals surface area (Å²) in [6, 6.07) is 13.5. The van der Waals surface area contributed by atoms with Crippen molar-refractivity contribution in [2.45, 2.75) is 19.3 Å². The predicted molar refractivity (Wildman–Crippen MR) is 83.3 cm³/mol. The first-order valence-electron chi connectivity index (χ1n) is 6.59. The molecule has 0 spiro atoms. The second-order valence-electron chi connectivity index (χ2n) is 5.39. The van der Waals surface area contributed by atoms with Crippen molar-refractivity contribution in [1.29, 1.82) is 0 Å². The molecule has 0 aliphatic carbocycles. The van der Waals surface area contributed by atoms with Crippen LogP contribution in [-0.4, -0.2) is 12.2 Å². The van der Waals surface area contributed by atoms with E-state index in [4.69, 9.17) is 4.74 Å². The maximum Gasteiger partial charge on any atom is 0.119 e. The number of rotatable bonds is 4. The third kappa shape index (κ3) is 2.69. The lowest BCUT2D eigenvalue weighted by Gasteiger charge is -2.22. The first kappa shape index (κ1) is 14.2. The summed E-state index contributed by atoms with van der Waals surface area (Å²) in [5.41, 5.74) is 2.76. The van der Waals surface area contributed by atoms with E-state index in [-0.39, 0.29) is 5.41 Å². The van der Waals surface area contributed by atoms with Crippen molar-refractivity contribution >= 4 is 0 Å². The number of methoxy groups -OCH3 is 1. The molecule has 0 amide bonds.